The van der Waals surface area contributed by atoms with E-state index in [0.717, 1.165) is 11.0 Å². The van der Waals surface area contributed by atoms with Crippen LogP contribution < -0.4 is 10.6 Å². The van der Waals surface area contributed by atoms with Gasteiger partial charge in [0.05, 0.1) is 12.3 Å². The molecule has 2 amide bonds. The van der Waals surface area contributed by atoms with Gasteiger partial charge in [0.15, 0.2) is 0 Å². The lowest BCUT2D eigenvalue weighted by molar-refractivity contribution is 0.223. The number of sulfonamides is 1. The fraction of sp³-hybridized carbons (Fsp3) is 0.471. The molecular weight excluding hydrogens is 342 g/mol. The lowest BCUT2D eigenvalue weighted by Gasteiger charge is -2.30. The van der Waals surface area contributed by atoms with E-state index in [0.29, 0.717) is 31.7 Å². The van der Waals surface area contributed by atoms with Crippen LogP contribution in [0.2, 0.25) is 0 Å². The van der Waals surface area contributed by atoms with E-state index >= 15 is 0 Å². The highest BCUT2D eigenvalue weighted by Crippen LogP contribution is 2.23. The van der Waals surface area contributed by atoms with Gasteiger partial charge >= 0.3 is 6.03 Å². The second kappa shape index (κ2) is 7.05. The second-order valence-corrected chi connectivity index (χ2v) is 8.44. The first-order chi connectivity index (χ1) is 11.8. The molecule has 2 N–H and O–H groups in total. The number of rotatable bonds is 4. The predicted octanol–water partition coefficient (Wildman–Crippen LogP) is 2.22. The predicted molar refractivity (Wildman–Crippen MR) is 95.7 cm³/mol. The monoisotopic (exact) mass is 365 g/mol. The van der Waals surface area contributed by atoms with E-state index in [1.54, 1.807) is 0 Å². The molecule has 1 aromatic heterocycles. The standard InChI is InChI=1S/C17H23N3O4S/c1-12(16-11-13-5-3-4-6-15(13)24-16)18-17(21)19-14-7-9-20(10-8-14)25(2,22)23/h3-6,11-12,14H,7-10H2,1-2H3,(H2,18,19,21). The van der Waals surface area contributed by atoms with Crippen molar-refractivity contribution in [3.63, 3.8) is 0 Å². The minimum atomic E-state index is -3.15. The quantitative estimate of drug-likeness (QED) is 0.869. The number of amides is 2. The Bertz CT molecular complexity index is 821. The number of nitrogens with zero attached hydrogens (tertiary/aromatic N) is 1. The van der Waals surface area contributed by atoms with Crippen LogP contribution in [-0.4, -0.2) is 44.1 Å². The van der Waals surface area contributed by atoms with Crippen molar-refractivity contribution in [3.05, 3.63) is 36.1 Å². The van der Waals surface area contributed by atoms with E-state index in [-0.39, 0.29) is 18.1 Å². The molecule has 0 radical (unpaired) electrons. The molecular formula is C17H23N3O4S. The molecule has 2 heterocycles. The van der Waals surface area contributed by atoms with Crippen LogP contribution in [0.1, 0.15) is 31.6 Å². The molecule has 136 valence electrons. The van der Waals surface area contributed by atoms with Crippen molar-refractivity contribution in [3.8, 4) is 0 Å². The van der Waals surface area contributed by atoms with Crippen LogP contribution in [0.3, 0.4) is 0 Å². The van der Waals surface area contributed by atoms with Crippen molar-refractivity contribution in [2.75, 3.05) is 19.3 Å². The number of nitrogens with one attached hydrogen (secondary N) is 2. The summed E-state index contributed by atoms with van der Waals surface area (Å²) < 4.78 is 30.2. The maximum absolute atomic E-state index is 12.2. The number of carbonyl (C=O) groups excluding carboxylic acids is 1. The smallest absolute Gasteiger partial charge is 0.315 e. The highest BCUT2D eigenvalue weighted by atomic mass is 32.2. The first-order valence-corrected chi connectivity index (χ1v) is 10.2. The zero-order valence-corrected chi connectivity index (χ0v) is 15.2. The van der Waals surface area contributed by atoms with Crippen LogP contribution in [0.4, 0.5) is 4.79 Å². The Morgan fingerprint density at radius 2 is 1.96 bits per heavy atom. The van der Waals surface area contributed by atoms with Gasteiger partial charge in [0, 0.05) is 24.5 Å². The molecule has 0 saturated carbocycles. The maximum Gasteiger partial charge on any atom is 0.315 e. The molecule has 3 rings (SSSR count). The summed E-state index contributed by atoms with van der Waals surface area (Å²) in [6.45, 7) is 2.73. The number of piperidine rings is 1. The summed E-state index contributed by atoms with van der Waals surface area (Å²) in [6, 6.07) is 9.06. The van der Waals surface area contributed by atoms with Gasteiger partial charge < -0.3 is 15.1 Å². The van der Waals surface area contributed by atoms with Gasteiger partial charge in [-0.25, -0.2) is 17.5 Å². The molecule has 1 unspecified atom stereocenters. The lowest BCUT2D eigenvalue weighted by atomic mass is 10.1. The van der Waals surface area contributed by atoms with Crippen LogP contribution in [0, 0.1) is 0 Å². The molecule has 1 aromatic carbocycles. The fourth-order valence-corrected chi connectivity index (χ4v) is 3.92. The van der Waals surface area contributed by atoms with Crippen LogP contribution in [0.25, 0.3) is 11.0 Å². The SMILES string of the molecule is CC(NC(=O)NC1CCN(S(C)(=O)=O)CC1)c1cc2ccccc2o1. The highest BCUT2D eigenvalue weighted by molar-refractivity contribution is 7.88. The molecule has 8 heteroatoms. The molecule has 2 aromatic rings. The Labute approximate surface area is 147 Å². The average molecular weight is 365 g/mol. The average Bonchev–Trinajstić information content (AvgIpc) is 2.98. The van der Waals surface area contributed by atoms with Crippen molar-refractivity contribution < 1.29 is 17.6 Å². The van der Waals surface area contributed by atoms with Gasteiger partial charge in [0.25, 0.3) is 0 Å². The number of furan rings is 1. The van der Waals surface area contributed by atoms with Gasteiger partial charge in [-0.2, -0.15) is 0 Å². The molecule has 1 aliphatic heterocycles. The molecule has 0 bridgehead atoms. The Balaban J connectivity index is 1.52. The van der Waals surface area contributed by atoms with E-state index in [1.165, 1.54) is 10.6 Å². The molecule has 1 saturated heterocycles. The normalized spacial score (nSPS) is 18.2. The fourth-order valence-electron chi connectivity index (χ4n) is 3.04. The summed E-state index contributed by atoms with van der Waals surface area (Å²) in [5.74, 6) is 0.697. The van der Waals surface area contributed by atoms with Gasteiger partial charge in [-0.05, 0) is 31.9 Å². The third kappa shape index (κ3) is 4.32. The lowest BCUT2D eigenvalue weighted by Crippen LogP contribution is -2.49. The summed E-state index contributed by atoms with van der Waals surface area (Å²) in [6.07, 6.45) is 2.43. The van der Waals surface area contributed by atoms with Crippen molar-refractivity contribution in [2.45, 2.75) is 31.8 Å². The first-order valence-electron chi connectivity index (χ1n) is 8.33. The molecule has 7 nitrogen and oxygen atoms in total. The zero-order chi connectivity index (χ0) is 18.0. The highest BCUT2D eigenvalue weighted by Gasteiger charge is 2.26. The molecule has 1 atom stereocenters. The van der Waals surface area contributed by atoms with Crippen LogP contribution >= 0.6 is 0 Å². The third-order valence-electron chi connectivity index (χ3n) is 4.48. The Kier molecular flexibility index (Phi) is 5.01. The molecule has 0 aliphatic carbocycles. The first kappa shape index (κ1) is 17.8. The number of hydrogen-bond acceptors (Lipinski definition) is 4. The van der Waals surface area contributed by atoms with E-state index in [2.05, 4.69) is 10.6 Å². The van der Waals surface area contributed by atoms with Crippen LogP contribution in [-0.2, 0) is 10.0 Å². The summed E-state index contributed by atoms with van der Waals surface area (Å²) in [4.78, 5) is 12.2. The van der Waals surface area contributed by atoms with Gasteiger partial charge in [-0.3, -0.25) is 0 Å². The number of benzene rings is 1. The molecule has 25 heavy (non-hydrogen) atoms. The van der Waals surface area contributed by atoms with Gasteiger partial charge in [-0.15, -0.1) is 0 Å². The second-order valence-electron chi connectivity index (χ2n) is 6.46. The summed E-state index contributed by atoms with van der Waals surface area (Å²) in [5, 5.41) is 6.78. The minimum absolute atomic E-state index is 0.0270. The minimum Gasteiger partial charge on any atom is -0.459 e. The van der Waals surface area contributed by atoms with Crippen molar-refractivity contribution in [2.24, 2.45) is 0 Å². The van der Waals surface area contributed by atoms with Crippen molar-refractivity contribution >= 4 is 27.0 Å². The summed E-state index contributed by atoms with van der Waals surface area (Å²) >= 11 is 0. The Hall–Kier alpha value is -2.06. The number of hydrogen-bond donors (Lipinski definition) is 2. The number of para-hydroxylation sites is 1. The number of urea groups is 1. The summed E-state index contributed by atoms with van der Waals surface area (Å²) in [7, 11) is -3.15. The van der Waals surface area contributed by atoms with E-state index < -0.39 is 10.0 Å². The van der Waals surface area contributed by atoms with Gasteiger partial charge in [0.2, 0.25) is 10.0 Å². The Morgan fingerprint density at radius 1 is 1.28 bits per heavy atom. The Morgan fingerprint density at radius 3 is 2.60 bits per heavy atom. The molecule has 0 spiro atoms. The van der Waals surface area contributed by atoms with E-state index in [9.17, 15) is 13.2 Å². The number of fused-ring (bicyclic) bond motifs is 1. The van der Waals surface area contributed by atoms with Gasteiger partial charge in [-0.1, -0.05) is 18.2 Å². The topological polar surface area (TPSA) is 91.7 Å². The van der Waals surface area contributed by atoms with Crippen molar-refractivity contribution in [1.29, 1.82) is 0 Å². The largest absolute Gasteiger partial charge is 0.459 e. The maximum atomic E-state index is 12.2. The number of carbonyl (C=O) groups is 1. The van der Waals surface area contributed by atoms with Crippen LogP contribution in [0.15, 0.2) is 34.7 Å². The zero-order valence-electron chi connectivity index (χ0n) is 14.4. The van der Waals surface area contributed by atoms with Crippen LogP contribution in [0.5, 0.6) is 0 Å². The molecule has 1 fully saturated rings. The van der Waals surface area contributed by atoms with Crippen molar-refractivity contribution in [1.82, 2.24) is 14.9 Å². The van der Waals surface area contributed by atoms with E-state index in [1.807, 2.05) is 37.3 Å². The summed E-state index contributed by atoms with van der Waals surface area (Å²) in [5.41, 5.74) is 0.791. The van der Waals surface area contributed by atoms with Gasteiger partial charge in [0.1, 0.15) is 11.3 Å². The van der Waals surface area contributed by atoms with E-state index in [4.69, 9.17) is 4.42 Å². The third-order valence-corrected chi connectivity index (χ3v) is 5.78. The molecule has 1 aliphatic rings.